The third kappa shape index (κ3) is 13.9. The molecule has 0 saturated heterocycles. The van der Waals surface area contributed by atoms with E-state index in [0.29, 0.717) is 6.61 Å². The molecule has 104 valence electrons. The van der Waals surface area contributed by atoms with Gasteiger partial charge in [0.05, 0.1) is 0 Å². The maximum atomic E-state index is 8.66. The van der Waals surface area contributed by atoms with E-state index in [-0.39, 0.29) is 0 Å². The third-order valence-electron chi connectivity index (χ3n) is 3.66. The van der Waals surface area contributed by atoms with E-state index in [1.807, 2.05) is 0 Å². The normalized spacial score (nSPS) is 12.9. The first kappa shape index (κ1) is 17.0. The molecule has 0 saturated carbocycles. The Balaban J connectivity index is 3.05. The van der Waals surface area contributed by atoms with E-state index in [2.05, 4.69) is 13.8 Å². The van der Waals surface area contributed by atoms with E-state index < -0.39 is 0 Å². The summed E-state index contributed by atoms with van der Waals surface area (Å²) < 4.78 is 0. The first-order chi connectivity index (χ1) is 8.31. The number of hydrogen-bond donors (Lipinski definition) is 1. The van der Waals surface area contributed by atoms with Crippen molar-refractivity contribution < 1.29 is 5.11 Å². The summed E-state index contributed by atoms with van der Waals surface area (Å²) in [6.07, 6.45) is 16.2. The Labute approximate surface area is 109 Å². The smallest absolute Gasteiger partial charge is 0.0431 e. The number of rotatable bonds is 13. The maximum absolute atomic E-state index is 8.66. The maximum Gasteiger partial charge on any atom is 0.0431 e. The molecule has 0 fully saturated rings. The summed E-state index contributed by atoms with van der Waals surface area (Å²) in [6, 6.07) is 0. The molecule has 1 unspecified atom stereocenters. The predicted octanol–water partition coefficient (Wildman–Crippen LogP) is 5.32. The largest absolute Gasteiger partial charge is 0.396 e. The van der Waals surface area contributed by atoms with Crippen molar-refractivity contribution in [3.8, 4) is 0 Å². The van der Waals surface area contributed by atoms with Crippen LogP contribution in [0, 0.1) is 5.92 Å². The molecule has 0 aliphatic heterocycles. The zero-order valence-corrected chi connectivity index (χ0v) is 12.2. The molecule has 0 aliphatic rings. The highest BCUT2D eigenvalue weighted by atomic mass is 16.2. The van der Waals surface area contributed by atoms with Crippen LogP contribution in [0.25, 0.3) is 0 Å². The summed E-state index contributed by atoms with van der Waals surface area (Å²) in [7, 11) is 0. The van der Waals surface area contributed by atoms with Crippen molar-refractivity contribution in [2.75, 3.05) is 6.61 Å². The molecule has 0 radical (unpaired) electrons. The highest BCUT2D eigenvalue weighted by Crippen LogP contribution is 2.17. The Morgan fingerprint density at radius 3 is 1.71 bits per heavy atom. The molecule has 0 aromatic heterocycles. The number of unbranched alkanes of at least 4 members (excludes halogenated alkanes) is 8. The van der Waals surface area contributed by atoms with Crippen LogP contribution >= 0.6 is 0 Å². The summed E-state index contributed by atoms with van der Waals surface area (Å²) >= 11 is 0. The monoisotopic (exact) mass is 242 g/mol. The Morgan fingerprint density at radius 1 is 0.706 bits per heavy atom. The van der Waals surface area contributed by atoms with Crippen LogP contribution in [0.4, 0.5) is 0 Å². The highest BCUT2D eigenvalue weighted by Gasteiger charge is 2.01. The van der Waals surface area contributed by atoms with Crippen LogP contribution in [0.5, 0.6) is 0 Å². The summed E-state index contributed by atoms with van der Waals surface area (Å²) in [6.45, 7) is 5.06. The average molecular weight is 242 g/mol. The van der Waals surface area contributed by atoms with Crippen LogP contribution in [0.1, 0.15) is 90.9 Å². The lowest BCUT2D eigenvalue weighted by atomic mass is 9.96. The molecule has 1 N–H and O–H groups in total. The fourth-order valence-corrected chi connectivity index (χ4v) is 2.38. The molecule has 17 heavy (non-hydrogen) atoms. The van der Waals surface area contributed by atoms with Gasteiger partial charge in [0.1, 0.15) is 0 Å². The lowest BCUT2D eigenvalue weighted by Gasteiger charge is -2.10. The van der Waals surface area contributed by atoms with Crippen LogP contribution in [0.3, 0.4) is 0 Å². The van der Waals surface area contributed by atoms with E-state index >= 15 is 0 Å². The second-order valence-corrected chi connectivity index (χ2v) is 5.59. The van der Waals surface area contributed by atoms with Gasteiger partial charge in [-0.05, 0) is 12.3 Å². The third-order valence-corrected chi connectivity index (χ3v) is 3.66. The molecule has 1 heteroatoms. The molecule has 0 aromatic rings. The minimum absolute atomic E-state index is 0.370. The molecule has 0 amide bonds. The molecule has 0 heterocycles. The zero-order chi connectivity index (χ0) is 12.8. The number of aliphatic hydroxyl groups is 1. The topological polar surface area (TPSA) is 20.2 Å². The quantitative estimate of drug-likeness (QED) is 0.434. The minimum atomic E-state index is 0.370. The van der Waals surface area contributed by atoms with Crippen LogP contribution in [0.2, 0.25) is 0 Å². The van der Waals surface area contributed by atoms with Gasteiger partial charge in [-0.1, -0.05) is 84.5 Å². The Kier molecular flexibility index (Phi) is 14.0. The Bertz CT molecular complexity index is 133. The van der Waals surface area contributed by atoms with Gasteiger partial charge in [0.2, 0.25) is 0 Å². The standard InChI is InChI=1S/C16H34O/c1-3-4-10-13-16(2)14-11-8-6-5-7-9-12-15-17/h16-17H,3-15H2,1-2H3. The molecule has 0 spiro atoms. The van der Waals surface area contributed by atoms with Gasteiger partial charge in [-0.15, -0.1) is 0 Å². The molecule has 0 bridgehead atoms. The van der Waals surface area contributed by atoms with Gasteiger partial charge >= 0.3 is 0 Å². The van der Waals surface area contributed by atoms with Crippen molar-refractivity contribution in [3.05, 3.63) is 0 Å². The summed E-state index contributed by atoms with van der Waals surface area (Å²) in [5, 5.41) is 8.66. The number of hydrogen-bond acceptors (Lipinski definition) is 1. The summed E-state index contributed by atoms with van der Waals surface area (Å²) in [4.78, 5) is 0. The van der Waals surface area contributed by atoms with Crippen molar-refractivity contribution in [2.24, 2.45) is 5.92 Å². The van der Waals surface area contributed by atoms with Gasteiger partial charge in [-0.2, -0.15) is 0 Å². The average Bonchev–Trinajstić information content (AvgIpc) is 2.33. The summed E-state index contributed by atoms with van der Waals surface area (Å²) in [5.74, 6) is 0.941. The van der Waals surface area contributed by atoms with Crippen LogP contribution in [-0.2, 0) is 0 Å². The van der Waals surface area contributed by atoms with Crippen molar-refractivity contribution >= 4 is 0 Å². The van der Waals surface area contributed by atoms with Crippen LogP contribution in [0.15, 0.2) is 0 Å². The van der Waals surface area contributed by atoms with Crippen LogP contribution in [-0.4, -0.2) is 11.7 Å². The minimum Gasteiger partial charge on any atom is -0.396 e. The van der Waals surface area contributed by atoms with Crippen LogP contribution < -0.4 is 0 Å². The lowest BCUT2D eigenvalue weighted by molar-refractivity contribution is 0.282. The van der Waals surface area contributed by atoms with E-state index in [9.17, 15) is 0 Å². The molecular formula is C16H34O. The highest BCUT2D eigenvalue weighted by molar-refractivity contribution is 4.55. The fraction of sp³-hybridized carbons (Fsp3) is 1.00. The van der Waals surface area contributed by atoms with Crippen molar-refractivity contribution in [1.29, 1.82) is 0 Å². The number of aliphatic hydroxyl groups excluding tert-OH is 1. The van der Waals surface area contributed by atoms with Gasteiger partial charge in [-0.25, -0.2) is 0 Å². The van der Waals surface area contributed by atoms with Gasteiger partial charge in [0.25, 0.3) is 0 Å². The lowest BCUT2D eigenvalue weighted by Crippen LogP contribution is -1.94. The van der Waals surface area contributed by atoms with Gasteiger partial charge in [-0.3, -0.25) is 0 Å². The molecular weight excluding hydrogens is 208 g/mol. The van der Waals surface area contributed by atoms with E-state index in [0.717, 1.165) is 12.3 Å². The van der Waals surface area contributed by atoms with Gasteiger partial charge in [0, 0.05) is 6.61 Å². The first-order valence-electron chi connectivity index (χ1n) is 7.92. The predicted molar refractivity (Wildman–Crippen MR) is 77.3 cm³/mol. The van der Waals surface area contributed by atoms with Gasteiger partial charge in [0.15, 0.2) is 0 Å². The van der Waals surface area contributed by atoms with E-state index in [1.165, 1.54) is 70.6 Å². The Morgan fingerprint density at radius 2 is 1.18 bits per heavy atom. The molecule has 0 rings (SSSR count). The molecule has 0 aliphatic carbocycles. The van der Waals surface area contributed by atoms with E-state index in [4.69, 9.17) is 5.11 Å². The summed E-state index contributed by atoms with van der Waals surface area (Å²) in [5.41, 5.74) is 0. The first-order valence-corrected chi connectivity index (χ1v) is 7.92. The Hall–Kier alpha value is -0.0400. The molecule has 1 nitrogen and oxygen atoms in total. The van der Waals surface area contributed by atoms with Crippen molar-refractivity contribution in [2.45, 2.75) is 90.9 Å². The van der Waals surface area contributed by atoms with Gasteiger partial charge < -0.3 is 5.11 Å². The second kappa shape index (κ2) is 14.0. The van der Waals surface area contributed by atoms with E-state index in [1.54, 1.807) is 0 Å². The van der Waals surface area contributed by atoms with Crippen molar-refractivity contribution in [3.63, 3.8) is 0 Å². The second-order valence-electron chi connectivity index (χ2n) is 5.59. The zero-order valence-electron chi connectivity index (χ0n) is 12.2. The van der Waals surface area contributed by atoms with Crippen molar-refractivity contribution in [1.82, 2.24) is 0 Å². The molecule has 1 atom stereocenters. The SMILES string of the molecule is CCCCCC(C)CCCCCCCCCO. The molecule has 0 aromatic carbocycles. The fourth-order valence-electron chi connectivity index (χ4n) is 2.38.